The van der Waals surface area contributed by atoms with E-state index in [2.05, 4.69) is 14.8 Å². The van der Waals surface area contributed by atoms with Gasteiger partial charge in [0, 0.05) is 5.69 Å². The third-order valence-electron chi connectivity index (χ3n) is 1.16. The van der Waals surface area contributed by atoms with E-state index in [0.29, 0.717) is 5.69 Å². The summed E-state index contributed by atoms with van der Waals surface area (Å²) in [5, 5.41) is 0. The monoisotopic (exact) mass is 235 g/mol. The first-order valence-corrected chi connectivity index (χ1v) is 6.13. The van der Waals surface area contributed by atoms with Crippen molar-refractivity contribution in [2.45, 2.75) is 4.90 Å². The molecule has 5 heteroatoms. The molecule has 1 aromatic rings. The van der Waals surface area contributed by atoms with Gasteiger partial charge in [0.05, 0.1) is 19.7 Å². The van der Waals surface area contributed by atoms with E-state index < -0.39 is 8.27 Å². The van der Waals surface area contributed by atoms with Crippen molar-refractivity contribution in [2.24, 2.45) is 0 Å². The van der Waals surface area contributed by atoms with E-state index in [-0.39, 0.29) is 4.90 Å². The van der Waals surface area contributed by atoms with Crippen molar-refractivity contribution >= 4 is 28.8 Å². The van der Waals surface area contributed by atoms with Gasteiger partial charge in [-0.1, -0.05) is 0 Å². The number of benzene rings is 1. The molecule has 0 aliphatic heterocycles. The molecule has 0 saturated heterocycles. The zero-order chi connectivity index (χ0) is 8.48. The van der Waals surface area contributed by atoms with Gasteiger partial charge in [-0.3, -0.25) is 0 Å². The molecule has 11 heavy (non-hydrogen) atoms. The van der Waals surface area contributed by atoms with Crippen LogP contribution in [0.5, 0.6) is 0 Å². The predicted octanol–water partition coefficient (Wildman–Crippen LogP) is 1.35. The van der Waals surface area contributed by atoms with Crippen LogP contribution in [0.1, 0.15) is 0 Å². The van der Waals surface area contributed by atoms with E-state index in [1.165, 1.54) is 24.3 Å². The van der Waals surface area contributed by atoms with Gasteiger partial charge in [-0.05, 0) is 24.3 Å². The topological polar surface area (TPSA) is 60.2 Å². The molecule has 0 aromatic heterocycles. The number of hydrogen-bond acceptors (Lipinski definition) is 3. The lowest BCUT2D eigenvalue weighted by molar-refractivity contribution is 0.611. The lowest BCUT2D eigenvalue weighted by atomic mass is 10.3. The minimum absolute atomic E-state index is 0.215. The van der Waals surface area contributed by atoms with Crippen LogP contribution in [0, 0.1) is 0 Å². The summed E-state index contributed by atoms with van der Waals surface area (Å²) in [7, 11) is -3.26. The summed E-state index contributed by atoms with van der Waals surface area (Å²) in [4.78, 5) is 0.215. The summed E-state index contributed by atoms with van der Waals surface area (Å²) in [6.45, 7) is 0. The summed E-state index contributed by atoms with van der Waals surface area (Å²) in [6.07, 6.45) is 0. The van der Waals surface area contributed by atoms with Crippen molar-refractivity contribution < 1.29 is 8.42 Å². The Bertz CT molecular complexity index is 343. The minimum Gasteiger partial charge on any atom is -0.399 e. The number of hydrogen-bond donors (Lipinski definition) is 1. The highest BCUT2D eigenvalue weighted by atomic mass is 79.9. The molecule has 0 bridgehead atoms. The fourth-order valence-electron chi connectivity index (χ4n) is 0.630. The first-order valence-electron chi connectivity index (χ1n) is 2.80. The SMILES string of the molecule is Nc1ccc(S(=O)(=O)Br)cc1. The van der Waals surface area contributed by atoms with Crippen LogP contribution in [0.2, 0.25) is 0 Å². The van der Waals surface area contributed by atoms with Crippen LogP contribution in [-0.2, 0) is 8.27 Å². The Morgan fingerprint density at radius 1 is 1.18 bits per heavy atom. The highest BCUT2D eigenvalue weighted by molar-refractivity contribution is 9.47. The van der Waals surface area contributed by atoms with E-state index in [4.69, 9.17) is 5.73 Å². The van der Waals surface area contributed by atoms with Crippen LogP contribution < -0.4 is 5.73 Å². The van der Waals surface area contributed by atoms with Crippen molar-refractivity contribution in [2.75, 3.05) is 5.73 Å². The van der Waals surface area contributed by atoms with Crippen molar-refractivity contribution in [3.63, 3.8) is 0 Å². The van der Waals surface area contributed by atoms with E-state index in [9.17, 15) is 8.42 Å². The average molecular weight is 236 g/mol. The lowest BCUT2D eigenvalue weighted by Crippen LogP contribution is -1.90. The van der Waals surface area contributed by atoms with E-state index in [1.54, 1.807) is 0 Å². The molecule has 60 valence electrons. The highest BCUT2D eigenvalue weighted by Gasteiger charge is 2.06. The maximum Gasteiger partial charge on any atom is 0.237 e. The molecule has 1 rings (SSSR count). The molecular formula is C6H6BrNO2S. The largest absolute Gasteiger partial charge is 0.399 e. The van der Waals surface area contributed by atoms with E-state index in [1.807, 2.05) is 0 Å². The smallest absolute Gasteiger partial charge is 0.237 e. The number of rotatable bonds is 1. The van der Waals surface area contributed by atoms with Crippen LogP contribution in [-0.4, -0.2) is 8.42 Å². The molecule has 0 aliphatic carbocycles. The van der Waals surface area contributed by atoms with Gasteiger partial charge in [-0.15, -0.1) is 0 Å². The second kappa shape index (κ2) is 2.83. The zero-order valence-electron chi connectivity index (χ0n) is 5.49. The van der Waals surface area contributed by atoms with Gasteiger partial charge >= 0.3 is 0 Å². The highest BCUT2D eigenvalue weighted by Crippen LogP contribution is 2.17. The van der Waals surface area contributed by atoms with Crippen LogP contribution >= 0.6 is 14.8 Å². The van der Waals surface area contributed by atoms with Crippen molar-refractivity contribution in [3.8, 4) is 0 Å². The molecule has 2 N–H and O–H groups in total. The van der Waals surface area contributed by atoms with Gasteiger partial charge in [0.2, 0.25) is 8.27 Å². The molecule has 0 unspecified atom stereocenters. The van der Waals surface area contributed by atoms with Gasteiger partial charge < -0.3 is 5.73 Å². The molecule has 0 atom stereocenters. The van der Waals surface area contributed by atoms with Gasteiger partial charge in [0.1, 0.15) is 0 Å². The molecule has 0 radical (unpaired) electrons. The van der Waals surface area contributed by atoms with Crippen LogP contribution in [0.15, 0.2) is 29.2 Å². The molecule has 0 spiro atoms. The quantitative estimate of drug-likeness (QED) is 0.591. The van der Waals surface area contributed by atoms with Crippen LogP contribution in [0.25, 0.3) is 0 Å². The second-order valence-electron chi connectivity index (χ2n) is 2.01. The Morgan fingerprint density at radius 2 is 1.64 bits per heavy atom. The summed E-state index contributed by atoms with van der Waals surface area (Å²) in [5.74, 6) is 0. The molecular weight excluding hydrogens is 230 g/mol. The summed E-state index contributed by atoms with van der Waals surface area (Å²) in [6, 6.07) is 5.96. The Hall–Kier alpha value is -0.550. The van der Waals surface area contributed by atoms with Crippen molar-refractivity contribution in [3.05, 3.63) is 24.3 Å². The standard InChI is InChI=1S/C6H6BrNO2S/c7-11(9,10)6-3-1-5(8)2-4-6/h1-4H,8H2. The third-order valence-corrected chi connectivity index (χ3v) is 3.12. The average Bonchev–Trinajstić information content (AvgIpc) is 1.86. The van der Waals surface area contributed by atoms with E-state index >= 15 is 0 Å². The fraction of sp³-hybridized carbons (Fsp3) is 0. The molecule has 0 saturated carbocycles. The maximum atomic E-state index is 10.8. The molecule has 0 fully saturated rings. The first-order chi connectivity index (χ1) is 5.00. The Kier molecular flexibility index (Phi) is 2.20. The van der Waals surface area contributed by atoms with Gasteiger partial charge in [-0.2, -0.15) is 0 Å². The van der Waals surface area contributed by atoms with Crippen molar-refractivity contribution in [1.82, 2.24) is 0 Å². The normalized spacial score (nSPS) is 11.4. The fourth-order valence-corrected chi connectivity index (χ4v) is 1.74. The zero-order valence-corrected chi connectivity index (χ0v) is 7.89. The Morgan fingerprint density at radius 3 is 2.00 bits per heavy atom. The van der Waals surface area contributed by atoms with Gasteiger partial charge in [0.15, 0.2) is 0 Å². The van der Waals surface area contributed by atoms with Gasteiger partial charge in [0.25, 0.3) is 0 Å². The maximum absolute atomic E-state index is 10.8. The molecule has 3 nitrogen and oxygen atoms in total. The second-order valence-corrected chi connectivity index (χ2v) is 5.91. The van der Waals surface area contributed by atoms with Crippen LogP contribution in [0.4, 0.5) is 5.69 Å². The Labute approximate surface area is 72.3 Å². The van der Waals surface area contributed by atoms with Gasteiger partial charge in [-0.25, -0.2) is 8.42 Å². The molecule has 0 amide bonds. The molecule has 1 aromatic carbocycles. The summed E-state index contributed by atoms with van der Waals surface area (Å²) < 4.78 is 21.6. The summed E-state index contributed by atoms with van der Waals surface area (Å²) in [5.41, 5.74) is 5.91. The predicted molar refractivity (Wildman–Crippen MR) is 47.0 cm³/mol. The minimum atomic E-state index is -3.26. The number of nitrogens with two attached hydrogens (primary N) is 1. The first kappa shape index (κ1) is 8.55. The number of halogens is 1. The lowest BCUT2D eigenvalue weighted by Gasteiger charge is -1.95. The third kappa shape index (κ3) is 2.20. The molecule has 0 heterocycles. The number of nitrogen functional groups attached to an aromatic ring is 1. The van der Waals surface area contributed by atoms with Crippen molar-refractivity contribution in [1.29, 1.82) is 0 Å². The Balaban J connectivity index is 3.20. The van der Waals surface area contributed by atoms with E-state index in [0.717, 1.165) is 0 Å². The molecule has 0 aliphatic rings. The number of anilines is 1. The summed E-state index contributed by atoms with van der Waals surface area (Å²) >= 11 is 2.54. The van der Waals surface area contributed by atoms with Crippen LogP contribution in [0.3, 0.4) is 0 Å².